The van der Waals surface area contributed by atoms with Crippen LogP contribution in [0.3, 0.4) is 0 Å². The fourth-order valence-electron chi connectivity index (χ4n) is 5.12. The van der Waals surface area contributed by atoms with Crippen molar-refractivity contribution in [1.82, 2.24) is 28.7 Å². The molecule has 1 aliphatic rings. The zero-order valence-corrected chi connectivity index (χ0v) is 23.6. The van der Waals surface area contributed by atoms with E-state index in [0.29, 0.717) is 37.8 Å². The van der Waals surface area contributed by atoms with Crippen molar-refractivity contribution in [2.75, 3.05) is 31.9 Å². The Hall–Kier alpha value is -4.38. The van der Waals surface area contributed by atoms with Gasteiger partial charge >= 0.3 is 0 Å². The maximum absolute atomic E-state index is 12.4. The number of fused-ring (bicyclic) bond motifs is 1. The van der Waals surface area contributed by atoms with E-state index in [1.807, 2.05) is 59.2 Å². The SMILES string of the molecule is C=C(C)S(=O)(=O)N1CCN(Cc2ccc(-n3c(-c4cccnc4N)nc4ccc(-c5ccccc5)nc43)cc2)CC1. The van der Waals surface area contributed by atoms with Crippen molar-refractivity contribution < 1.29 is 8.42 Å². The third kappa shape index (κ3) is 5.24. The fourth-order valence-corrected chi connectivity index (χ4v) is 6.20. The molecule has 2 aromatic carbocycles. The first-order chi connectivity index (χ1) is 19.8. The number of benzene rings is 2. The summed E-state index contributed by atoms with van der Waals surface area (Å²) in [5, 5.41) is 0. The summed E-state index contributed by atoms with van der Waals surface area (Å²) < 4.78 is 28.4. The Balaban J connectivity index is 1.32. The van der Waals surface area contributed by atoms with Crippen LogP contribution in [0.1, 0.15) is 12.5 Å². The number of allylic oxidation sites excluding steroid dienone is 1. The molecule has 0 unspecified atom stereocenters. The number of rotatable bonds is 7. The Morgan fingerprint density at radius 1 is 0.902 bits per heavy atom. The molecule has 0 amide bonds. The third-order valence-corrected chi connectivity index (χ3v) is 9.29. The molecular formula is C31H31N7O2S. The van der Waals surface area contributed by atoms with Gasteiger partial charge in [-0.15, -0.1) is 0 Å². The minimum atomic E-state index is -3.41. The lowest BCUT2D eigenvalue weighted by atomic mass is 10.1. The van der Waals surface area contributed by atoms with Gasteiger partial charge in [-0.1, -0.05) is 49.0 Å². The fraction of sp³-hybridized carbons (Fsp3) is 0.194. The van der Waals surface area contributed by atoms with Gasteiger partial charge in [-0.05, 0) is 48.9 Å². The molecule has 208 valence electrons. The maximum Gasteiger partial charge on any atom is 0.238 e. The van der Waals surface area contributed by atoms with Crippen LogP contribution in [0.15, 0.2) is 96.5 Å². The molecule has 10 heteroatoms. The van der Waals surface area contributed by atoms with E-state index in [-0.39, 0.29) is 4.91 Å². The number of hydrogen-bond donors (Lipinski definition) is 1. The topological polar surface area (TPSA) is 110 Å². The van der Waals surface area contributed by atoms with Gasteiger partial charge in [-0.2, -0.15) is 4.31 Å². The Morgan fingerprint density at radius 2 is 1.63 bits per heavy atom. The molecule has 5 aromatic rings. The molecule has 41 heavy (non-hydrogen) atoms. The van der Waals surface area contributed by atoms with Gasteiger partial charge < -0.3 is 5.73 Å². The van der Waals surface area contributed by atoms with Gasteiger partial charge in [-0.25, -0.2) is 23.4 Å². The summed E-state index contributed by atoms with van der Waals surface area (Å²) >= 11 is 0. The summed E-state index contributed by atoms with van der Waals surface area (Å²) in [4.78, 5) is 16.7. The normalized spacial score (nSPS) is 14.9. The van der Waals surface area contributed by atoms with Crippen LogP contribution >= 0.6 is 0 Å². The first kappa shape index (κ1) is 26.8. The molecule has 0 saturated carbocycles. The van der Waals surface area contributed by atoms with E-state index in [1.165, 1.54) is 4.31 Å². The largest absolute Gasteiger partial charge is 0.383 e. The number of nitrogens with zero attached hydrogens (tertiary/aromatic N) is 6. The quantitative estimate of drug-likeness (QED) is 0.304. The summed E-state index contributed by atoms with van der Waals surface area (Å²) in [5.41, 5.74) is 12.4. The highest BCUT2D eigenvalue weighted by Gasteiger charge is 2.27. The molecule has 9 nitrogen and oxygen atoms in total. The monoisotopic (exact) mass is 565 g/mol. The Labute approximate surface area is 239 Å². The molecule has 1 fully saturated rings. The smallest absolute Gasteiger partial charge is 0.238 e. The molecule has 0 bridgehead atoms. The van der Waals surface area contributed by atoms with Crippen LogP contribution in [0.2, 0.25) is 0 Å². The van der Waals surface area contributed by atoms with Crippen LogP contribution < -0.4 is 5.73 Å². The van der Waals surface area contributed by atoms with Gasteiger partial charge in [-0.3, -0.25) is 9.47 Å². The zero-order valence-electron chi connectivity index (χ0n) is 22.8. The number of nitrogens with two attached hydrogens (primary N) is 1. The van der Waals surface area contributed by atoms with E-state index in [0.717, 1.165) is 45.8 Å². The second-order valence-corrected chi connectivity index (χ2v) is 12.3. The molecule has 0 aliphatic carbocycles. The molecule has 0 spiro atoms. The van der Waals surface area contributed by atoms with Gasteiger partial charge in [0.05, 0.1) is 11.3 Å². The number of hydrogen-bond acceptors (Lipinski definition) is 7. The Bertz CT molecular complexity index is 1830. The molecule has 6 rings (SSSR count). The number of anilines is 1. The van der Waals surface area contributed by atoms with E-state index in [1.54, 1.807) is 13.1 Å². The predicted octanol–water partition coefficient (Wildman–Crippen LogP) is 4.71. The predicted molar refractivity (Wildman–Crippen MR) is 163 cm³/mol. The maximum atomic E-state index is 12.4. The lowest BCUT2D eigenvalue weighted by Crippen LogP contribution is -2.48. The van der Waals surface area contributed by atoms with Crippen molar-refractivity contribution in [2.45, 2.75) is 13.5 Å². The highest BCUT2D eigenvalue weighted by Crippen LogP contribution is 2.32. The van der Waals surface area contributed by atoms with E-state index < -0.39 is 10.0 Å². The van der Waals surface area contributed by atoms with Gasteiger partial charge in [0, 0.05) is 55.1 Å². The average Bonchev–Trinajstić information content (AvgIpc) is 3.37. The van der Waals surface area contributed by atoms with Crippen molar-refractivity contribution in [3.63, 3.8) is 0 Å². The number of nitrogen functional groups attached to an aromatic ring is 1. The first-order valence-corrected chi connectivity index (χ1v) is 14.9. The molecule has 4 heterocycles. The lowest BCUT2D eigenvalue weighted by Gasteiger charge is -2.34. The minimum Gasteiger partial charge on any atom is -0.383 e. The van der Waals surface area contributed by atoms with E-state index in [4.69, 9.17) is 15.7 Å². The van der Waals surface area contributed by atoms with Crippen LogP contribution in [-0.4, -0.2) is 63.3 Å². The Kier molecular flexibility index (Phi) is 7.12. The van der Waals surface area contributed by atoms with Crippen molar-refractivity contribution in [2.24, 2.45) is 0 Å². The van der Waals surface area contributed by atoms with Crippen LogP contribution in [0.25, 0.3) is 39.5 Å². The van der Waals surface area contributed by atoms with E-state index >= 15 is 0 Å². The van der Waals surface area contributed by atoms with Crippen LogP contribution in [0, 0.1) is 0 Å². The van der Waals surface area contributed by atoms with Gasteiger partial charge in [0.2, 0.25) is 10.0 Å². The van der Waals surface area contributed by atoms with Gasteiger partial charge in [0.15, 0.2) is 11.5 Å². The van der Waals surface area contributed by atoms with Gasteiger partial charge in [0.25, 0.3) is 0 Å². The standard InChI is InChI=1S/C31H31N7O2S/c1-22(2)41(39,40)37-19-17-36(18-20-37)21-23-10-12-25(13-11-23)38-30(26-9-6-16-33-29(26)32)35-28-15-14-27(34-31(28)38)24-7-4-3-5-8-24/h3-16H,1,17-21H2,2H3,(H2,32,33). The molecule has 3 aromatic heterocycles. The second-order valence-electron chi connectivity index (χ2n) is 10.2. The number of pyridine rings is 2. The first-order valence-electron chi connectivity index (χ1n) is 13.4. The molecule has 2 N–H and O–H groups in total. The van der Waals surface area contributed by atoms with Crippen molar-refractivity contribution >= 4 is 27.0 Å². The third-order valence-electron chi connectivity index (χ3n) is 7.37. The minimum absolute atomic E-state index is 0.186. The van der Waals surface area contributed by atoms with Crippen molar-refractivity contribution in [3.8, 4) is 28.3 Å². The lowest BCUT2D eigenvalue weighted by molar-refractivity contribution is 0.182. The zero-order chi connectivity index (χ0) is 28.6. The molecule has 0 radical (unpaired) electrons. The number of piperazine rings is 1. The summed E-state index contributed by atoms with van der Waals surface area (Å²) in [6.45, 7) is 8.13. The van der Waals surface area contributed by atoms with Crippen molar-refractivity contribution in [1.29, 1.82) is 0 Å². The molecular weight excluding hydrogens is 534 g/mol. The molecule has 1 saturated heterocycles. The van der Waals surface area contributed by atoms with Crippen LogP contribution in [0.4, 0.5) is 5.82 Å². The molecule has 0 atom stereocenters. The highest BCUT2D eigenvalue weighted by atomic mass is 32.2. The summed E-state index contributed by atoms with van der Waals surface area (Å²) in [5.74, 6) is 1.07. The average molecular weight is 566 g/mol. The summed E-state index contributed by atoms with van der Waals surface area (Å²) in [7, 11) is -3.41. The van der Waals surface area contributed by atoms with Crippen LogP contribution in [-0.2, 0) is 16.6 Å². The van der Waals surface area contributed by atoms with Crippen LogP contribution in [0.5, 0.6) is 0 Å². The van der Waals surface area contributed by atoms with E-state index in [9.17, 15) is 8.42 Å². The number of imidazole rings is 1. The summed E-state index contributed by atoms with van der Waals surface area (Å²) in [6, 6.07) is 26.1. The highest BCUT2D eigenvalue weighted by molar-refractivity contribution is 7.92. The Morgan fingerprint density at radius 3 is 2.32 bits per heavy atom. The summed E-state index contributed by atoms with van der Waals surface area (Å²) in [6.07, 6.45) is 1.67. The number of aromatic nitrogens is 4. The van der Waals surface area contributed by atoms with Crippen molar-refractivity contribution in [3.05, 3.63) is 102 Å². The molecule has 1 aliphatic heterocycles. The van der Waals surface area contributed by atoms with E-state index in [2.05, 4.69) is 40.7 Å². The van der Waals surface area contributed by atoms with Gasteiger partial charge in [0.1, 0.15) is 11.3 Å². The second kappa shape index (κ2) is 10.9. The number of sulfonamides is 1.